The average Bonchev–Trinajstić information content (AvgIpc) is 2.52. The van der Waals surface area contributed by atoms with E-state index in [1.165, 1.54) is 11.1 Å². The molecule has 1 heterocycles. The second kappa shape index (κ2) is 3.50. The molecule has 0 aromatic heterocycles. The number of nitrogens with zero attached hydrogens (tertiary/aromatic N) is 1. The van der Waals surface area contributed by atoms with Gasteiger partial charge in [0.25, 0.3) is 0 Å². The van der Waals surface area contributed by atoms with Gasteiger partial charge in [0.05, 0.1) is 0 Å². The molecule has 0 bridgehead atoms. The maximum absolute atomic E-state index is 5.25. The van der Waals surface area contributed by atoms with E-state index >= 15 is 0 Å². The Kier molecular flexibility index (Phi) is 2.36. The van der Waals surface area contributed by atoms with E-state index in [0.717, 1.165) is 11.0 Å². The molecule has 0 amide bonds. The van der Waals surface area contributed by atoms with Gasteiger partial charge in [0, 0.05) is 6.42 Å². The standard InChI is InChI=1S/C10H10BrNO/c1-7-3-2-4-8(5-7)9-6-10(11)12-13-9/h2-5,9H,6H2,1H3. The summed E-state index contributed by atoms with van der Waals surface area (Å²) in [5.41, 5.74) is 2.45. The van der Waals surface area contributed by atoms with Gasteiger partial charge < -0.3 is 4.84 Å². The van der Waals surface area contributed by atoms with Crippen LogP contribution in [0, 0.1) is 6.92 Å². The fourth-order valence-electron chi connectivity index (χ4n) is 1.40. The molecule has 68 valence electrons. The van der Waals surface area contributed by atoms with Gasteiger partial charge in [-0.25, -0.2) is 0 Å². The van der Waals surface area contributed by atoms with Gasteiger partial charge in [-0.05, 0) is 28.4 Å². The van der Waals surface area contributed by atoms with Gasteiger partial charge in [-0.1, -0.05) is 35.0 Å². The largest absolute Gasteiger partial charge is 0.386 e. The second-order valence-electron chi connectivity index (χ2n) is 3.18. The molecule has 0 N–H and O–H groups in total. The molecule has 0 spiro atoms. The van der Waals surface area contributed by atoms with Crippen LogP contribution >= 0.6 is 15.9 Å². The maximum Gasteiger partial charge on any atom is 0.158 e. The number of hydrogen-bond acceptors (Lipinski definition) is 2. The second-order valence-corrected chi connectivity index (χ2v) is 4.10. The Hall–Kier alpha value is -0.830. The molecular weight excluding hydrogens is 230 g/mol. The van der Waals surface area contributed by atoms with Gasteiger partial charge in [-0.3, -0.25) is 0 Å². The monoisotopic (exact) mass is 239 g/mol. The van der Waals surface area contributed by atoms with E-state index in [0.29, 0.717) is 0 Å². The van der Waals surface area contributed by atoms with Crippen LogP contribution in [0.2, 0.25) is 0 Å². The van der Waals surface area contributed by atoms with Crippen molar-refractivity contribution in [2.75, 3.05) is 0 Å². The molecule has 2 rings (SSSR count). The van der Waals surface area contributed by atoms with Gasteiger partial charge in [-0.2, -0.15) is 0 Å². The Morgan fingerprint density at radius 1 is 1.54 bits per heavy atom. The fourth-order valence-corrected chi connectivity index (χ4v) is 1.78. The predicted molar refractivity (Wildman–Crippen MR) is 56.0 cm³/mol. The van der Waals surface area contributed by atoms with E-state index in [9.17, 15) is 0 Å². The molecule has 3 heteroatoms. The lowest BCUT2D eigenvalue weighted by molar-refractivity contribution is 0.0857. The van der Waals surface area contributed by atoms with E-state index in [-0.39, 0.29) is 6.10 Å². The van der Waals surface area contributed by atoms with Crippen molar-refractivity contribution in [1.29, 1.82) is 0 Å². The van der Waals surface area contributed by atoms with Crippen LogP contribution in [0.3, 0.4) is 0 Å². The number of aryl methyl sites for hydroxylation is 1. The van der Waals surface area contributed by atoms with Crippen LogP contribution in [-0.2, 0) is 4.84 Å². The summed E-state index contributed by atoms with van der Waals surface area (Å²) in [6.07, 6.45) is 0.929. The van der Waals surface area contributed by atoms with Gasteiger partial charge in [-0.15, -0.1) is 0 Å². The minimum atomic E-state index is 0.0919. The minimum Gasteiger partial charge on any atom is -0.386 e. The fraction of sp³-hybridized carbons (Fsp3) is 0.300. The van der Waals surface area contributed by atoms with E-state index in [1.54, 1.807) is 0 Å². The summed E-state index contributed by atoms with van der Waals surface area (Å²) in [7, 11) is 0. The van der Waals surface area contributed by atoms with E-state index in [4.69, 9.17) is 4.84 Å². The molecule has 2 nitrogen and oxygen atoms in total. The van der Waals surface area contributed by atoms with Crippen LogP contribution in [0.15, 0.2) is 29.4 Å². The Balaban J connectivity index is 2.18. The normalized spacial score (nSPS) is 21.1. The highest BCUT2D eigenvalue weighted by Crippen LogP contribution is 2.29. The molecule has 1 aliphatic heterocycles. The summed E-state index contributed by atoms with van der Waals surface area (Å²) in [6.45, 7) is 2.08. The number of halogens is 1. The third kappa shape index (κ3) is 1.91. The quantitative estimate of drug-likeness (QED) is 0.738. The molecule has 1 aromatic rings. The van der Waals surface area contributed by atoms with Crippen LogP contribution in [0.25, 0.3) is 0 Å². The number of oxime groups is 1. The molecular formula is C10H10BrNO. The predicted octanol–water partition coefficient (Wildman–Crippen LogP) is 3.16. The minimum absolute atomic E-state index is 0.0919. The summed E-state index contributed by atoms with van der Waals surface area (Å²) in [5.74, 6) is 0. The first kappa shape index (κ1) is 8.75. The number of hydrogen-bond donors (Lipinski definition) is 0. The maximum atomic E-state index is 5.25. The summed E-state index contributed by atoms with van der Waals surface area (Å²) < 4.78 is 0.888. The summed E-state index contributed by atoms with van der Waals surface area (Å²) in [6, 6.07) is 8.32. The lowest BCUT2D eigenvalue weighted by atomic mass is 10.1. The molecule has 13 heavy (non-hydrogen) atoms. The first-order chi connectivity index (χ1) is 6.25. The van der Waals surface area contributed by atoms with Crippen LogP contribution in [0.4, 0.5) is 0 Å². The van der Waals surface area contributed by atoms with Gasteiger partial charge >= 0.3 is 0 Å². The molecule has 1 unspecified atom stereocenters. The van der Waals surface area contributed by atoms with Crippen molar-refractivity contribution in [2.24, 2.45) is 5.16 Å². The van der Waals surface area contributed by atoms with Crippen LogP contribution in [0.1, 0.15) is 23.7 Å². The van der Waals surface area contributed by atoms with Crippen molar-refractivity contribution in [3.63, 3.8) is 0 Å². The first-order valence-electron chi connectivity index (χ1n) is 4.20. The molecule has 1 atom stereocenters. The molecule has 0 radical (unpaired) electrons. The zero-order valence-corrected chi connectivity index (χ0v) is 8.91. The Bertz CT molecular complexity index is 349. The molecule has 1 aromatic carbocycles. The summed E-state index contributed by atoms with van der Waals surface area (Å²) in [4.78, 5) is 5.25. The van der Waals surface area contributed by atoms with Crippen molar-refractivity contribution in [2.45, 2.75) is 19.4 Å². The lowest BCUT2D eigenvalue weighted by Gasteiger charge is -2.08. The molecule has 0 saturated carbocycles. The molecule has 1 aliphatic rings. The summed E-state index contributed by atoms with van der Waals surface area (Å²) in [5, 5.41) is 3.86. The van der Waals surface area contributed by atoms with Crippen molar-refractivity contribution in [3.8, 4) is 0 Å². The number of rotatable bonds is 1. The highest BCUT2D eigenvalue weighted by Gasteiger charge is 2.20. The van der Waals surface area contributed by atoms with E-state index in [1.807, 2.05) is 6.07 Å². The van der Waals surface area contributed by atoms with Gasteiger partial charge in [0.15, 0.2) is 6.10 Å². The topological polar surface area (TPSA) is 21.6 Å². The van der Waals surface area contributed by atoms with Crippen molar-refractivity contribution < 1.29 is 4.84 Å². The Labute approximate surface area is 85.7 Å². The van der Waals surface area contributed by atoms with Gasteiger partial charge in [0.1, 0.15) is 4.62 Å². The highest BCUT2D eigenvalue weighted by atomic mass is 79.9. The summed E-state index contributed by atoms with van der Waals surface area (Å²) >= 11 is 3.32. The Morgan fingerprint density at radius 3 is 3.00 bits per heavy atom. The zero-order chi connectivity index (χ0) is 9.26. The smallest absolute Gasteiger partial charge is 0.158 e. The zero-order valence-electron chi connectivity index (χ0n) is 7.33. The third-order valence-corrected chi connectivity index (χ3v) is 2.52. The first-order valence-corrected chi connectivity index (χ1v) is 5.00. The van der Waals surface area contributed by atoms with Crippen molar-refractivity contribution in [3.05, 3.63) is 35.4 Å². The van der Waals surface area contributed by atoms with Crippen LogP contribution < -0.4 is 0 Å². The number of benzene rings is 1. The molecule has 0 aliphatic carbocycles. The van der Waals surface area contributed by atoms with Crippen molar-refractivity contribution >= 4 is 20.6 Å². The van der Waals surface area contributed by atoms with E-state index in [2.05, 4.69) is 46.2 Å². The highest BCUT2D eigenvalue weighted by molar-refractivity contribution is 9.18. The third-order valence-electron chi connectivity index (χ3n) is 2.05. The van der Waals surface area contributed by atoms with Crippen LogP contribution in [0.5, 0.6) is 0 Å². The Morgan fingerprint density at radius 2 is 2.38 bits per heavy atom. The van der Waals surface area contributed by atoms with Gasteiger partial charge in [0.2, 0.25) is 0 Å². The SMILES string of the molecule is Cc1cccc(C2CC(Br)=NO2)c1. The molecule has 0 fully saturated rings. The lowest BCUT2D eigenvalue weighted by Crippen LogP contribution is -1.96. The van der Waals surface area contributed by atoms with E-state index < -0.39 is 0 Å². The average molecular weight is 240 g/mol. The van der Waals surface area contributed by atoms with Crippen LogP contribution in [-0.4, -0.2) is 4.62 Å². The molecule has 0 saturated heterocycles. The van der Waals surface area contributed by atoms with Crippen molar-refractivity contribution in [1.82, 2.24) is 0 Å².